The molecule has 6 nitrogen and oxygen atoms in total. The lowest BCUT2D eigenvalue weighted by atomic mass is 10.4. The van der Waals surface area contributed by atoms with Gasteiger partial charge in [-0.1, -0.05) is 0 Å². The predicted molar refractivity (Wildman–Crippen MR) is 79.3 cm³/mol. The summed E-state index contributed by atoms with van der Waals surface area (Å²) < 4.78 is 24.9. The van der Waals surface area contributed by atoms with Gasteiger partial charge in [0.1, 0.15) is 10.7 Å². The zero-order valence-corrected chi connectivity index (χ0v) is 13.1. The van der Waals surface area contributed by atoms with Crippen LogP contribution in [0.5, 0.6) is 0 Å². The van der Waals surface area contributed by atoms with Gasteiger partial charge in [-0.25, -0.2) is 22.7 Å². The summed E-state index contributed by atoms with van der Waals surface area (Å²) in [6.07, 6.45) is 1.35. The van der Waals surface area contributed by atoms with Gasteiger partial charge in [0.05, 0.1) is 17.2 Å². The monoisotopic (exact) mass is 312 g/mol. The summed E-state index contributed by atoms with van der Waals surface area (Å²) in [5.74, 6) is 0.619. The Morgan fingerprint density at radius 3 is 2.60 bits per heavy atom. The third-order valence-electron chi connectivity index (χ3n) is 2.63. The third kappa shape index (κ3) is 3.33. The highest BCUT2D eigenvalue weighted by molar-refractivity contribution is 7.89. The number of rotatable bonds is 5. The molecule has 2 aromatic rings. The van der Waals surface area contributed by atoms with Gasteiger partial charge in [0, 0.05) is 25.7 Å². The van der Waals surface area contributed by atoms with E-state index in [1.165, 1.54) is 26.4 Å². The second-order valence-electron chi connectivity index (χ2n) is 4.38. The minimum absolute atomic E-state index is 0.178. The van der Waals surface area contributed by atoms with Crippen molar-refractivity contribution in [3.05, 3.63) is 34.4 Å². The molecule has 0 aliphatic heterocycles. The molecule has 0 atom stereocenters. The maximum atomic E-state index is 11.9. The van der Waals surface area contributed by atoms with Crippen LogP contribution in [0.1, 0.15) is 10.7 Å². The van der Waals surface area contributed by atoms with E-state index in [2.05, 4.69) is 15.3 Å². The molecule has 0 saturated carbocycles. The third-order valence-corrected chi connectivity index (χ3v) is 5.25. The number of nitrogens with zero attached hydrogens (tertiary/aromatic N) is 3. The normalized spacial score (nSPS) is 11.8. The van der Waals surface area contributed by atoms with Crippen LogP contribution in [0.2, 0.25) is 0 Å². The van der Waals surface area contributed by atoms with E-state index in [9.17, 15) is 8.42 Å². The van der Waals surface area contributed by atoms with Crippen molar-refractivity contribution >= 4 is 27.2 Å². The Labute approximate surface area is 122 Å². The second kappa shape index (κ2) is 5.86. The van der Waals surface area contributed by atoms with Gasteiger partial charge in [-0.05, 0) is 19.1 Å². The summed E-state index contributed by atoms with van der Waals surface area (Å²) in [6.45, 7) is 2.52. The van der Waals surface area contributed by atoms with E-state index in [4.69, 9.17) is 0 Å². The Morgan fingerprint density at radius 2 is 2.10 bits per heavy atom. The number of aromatic nitrogens is 2. The van der Waals surface area contributed by atoms with Crippen molar-refractivity contribution < 1.29 is 8.42 Å². The Balaban J connectivity index is 2.05. The van der Waals surface area contributed by atoms with Crippen LogP contribution >= 0.6 is 11.3 Å². The van der Waals surface area contributed by atoms with Gasteiger partial charge in [-0.3, -0.25) is 0 Å². The van der Waals surface area contributed by atoms with Crippen LogP contribution < -0.4 is 5.32 Å². The van der Waals surface area contributed by atoms with E-state index in [-0.39, 0.29) is 4.90 Å². The number of thiazole rings is 1. The smallest absolute Gasteiger partial charge is 0.244 e. The van der Waals surface area contributed by atoms with E-state index in [0.29, 0.717) is 12.4 Å². The molecular weight excluding hydrogens is 296 g/mol. The van der Waals surface area contributed by atoms with E-state index in [1.807, 2.05) is 12.3 Å². The summed E-state index contributed by atoms with van der Waals surface area (Å²) >= 11 is 1.59. The first-order valence-electron chi connectivity index (χ1n) is 5.93. The summed E-state index contributed by atoms with van der Waals surface area (Å²) in [4.78, 5) is 8.62. The second-order valence-corrected chi connectivity index (χ2v) is 7.59. The standard InChI is InChI=1S/C12H16N4O2S2/c1-9-15-10(8-19-9)6-13-12-5-4-11(7-14-12)20(17,18)16(2)3/h4-5,7-8H,6H2,1-3H3,(H,13,14). The van der Waals surface area contributed by atoms with Gasteiger partial charge in [0.25, 0.3) is 0 Å². The fourth-order valence-electron chi connectivity index (χ4n) is 1.52. The number of hydrogen-bond acceptors (Lipinski definition) is 6. The van der Waals surface area contributed by atoms with Crippen molar-refractivity contribution in [2.45, 2.75) is 18.4 Å². The molecule has 1 N–H and O–H groups in total. The Hall–Kier alpha value is -1.51. The van der Waals surface area contributed by atoms with Crippen LogP contribution in [0.15, 0.2) is 28.6 Å². The topological polar surface area (TPSA) is 75.2 Å². The highest BCUT2D eigenvalue weighted by Gasteiger charge is 2.17. The van der Waals surface area contributed by atoms with Crippen LogP contribution in [-0.2, 0) is 16.6 Å². The lowest BCUT2D eigenvalue weighted by Gasteiger charge is -2.11. The van der Waals surface area contributed by atoms with E-state index in [1.54, 1.807) is 17.4 Å². The predicted octanol–water partition coefficient (Wildman–Crippen LogP) is 1.71. The first-order valence-corrected chi connectivity index (χ1v) is 8.25. The molecule has 0 aliphatic carbocycles. The molecule has 0 radical (unpaired) electrons. The average Bonchev–Trinajstić information content (AvgIpc) is 2.82. The maximum Gasteiger partial charge on any atom is 0.244 e. The Bertz CT molecular complexity index is 678. The van der Waals surface area contributed by atoms with Crippen molar-refractivity contribution in [2.24, 2.45) is 0 Å². The number of hydrogen-bond donors (Lipinski definition) is 1. The Kier molecular flexibility index (Phi) is 4.36. The minimum atomic E-state index is -3.43. The summed E-state index contributed by atoms with van der Waals surface area (Å²) in [5, 5.41) is 6.10. The molecule has 0 unspecified atom stereocenters. The van der Waals surface area contributed by atoms with E-state index < -0.39 is 10.0 Å². The van der Waals surface area contributed by atoms with Crippen molar-refractivity contribution in [2.75, 3.05) is 19.4 Å². The van der Waals surface area contributed by atoms with Crippen LogP contribution in [-0.4, -0.2) is 36.8 Å². The van der Waals surface area contributed by atoms with Crippen LogP contribution in [0, 0.1) is 6.92 Å². The molecule has 8 heteroatoms. The molecule has 20 heavy (non-hydrogen) atoms. The number of sulfonamides is 1. The molecule has 2 heterocycles. The van der Waals surface area contributed by atoms with Gasteiger partial charge in [0.15, 0.2) is 0 Å². The summed E-state index contributed by atoms with van der Waals surface area (Å²) in [6, 6.07) is 3.19. The van der Waals surface area contributed by atoms with Crippen LogP contribution in [0.25, 0.3) is 0 Å². The molecule has 108 valence electrons. The number of aryl methyl sites for hydroxylation is 1. The zero-order valence-electron chi connectivity index (χ0n) is 11.5. The quantitative estimate of drug-likeness (QED) is 0.909. The molecule has 0 fully saturated rings. The summed E-state index contributed by atoms with van der Waals surface area (Å²) in [7, 11) is -0.441. The van der Waals surface area contributed by atoms with Crippen molar-refractivity contribution in [1.82, 2.24) is 14.3 Å². The van der Waals surface area contributed by atoms with Crippen molar-refractivity contribution in [1.29, 1.82) is 0 Å². The van der Waals surface area contributed by atoms with Crippen LogP contribution in [0.3, 0.4) is 0 Å². The zero-order chi connectivity index (χ0) is 14.8. The lowest BCUT2D eigenvalue weighted by molar-refractivity contribution is 0.520. The number of nitrogens with one attached hydrogen (secondary N) is 1. The van der Waals surface area contributed by atoms with Crippen LogP contribution in [0.4, 0.5) is 5.82 Å². The minimum Gasteiger partial charge on any atom is -0.364 e. The fourth-order valence-corrected chi connectivity index (χ4v) is 2.98. The maximum absolute atomic E-state index is 11.9. The van der Waals surface area contributed by atoms with Gasteiger partial charge in [-0.15, -0.1) is 11.3 Å². The highest BCUT2D eigenvalue weighted by atomic mass is 32.2. The first-order chi connectivity index (χ1) is 9.39. The molecule has 0 saturated heterocycles. The van der Waals surface area contributed by atoms with Crippen molar-refractivity contribution in [3.63, 3.8) is 0 Å². The van der Waals surface area contributed by atoms with Gasteiger partial charge in [0.2, 0.25) is 10.0 Å². The largest absolute Gasteiger partial charge is 0.364 e. The summed E-state index contributed by atoms with van der Waals surface area (Å²) in [5.41, 5.74) is 0.944. The molecule has 2 aromatic heterocycles. The lowest BCUT2D eigenvalue weighted by Crippen LogP contribution is -2.22. The van der Waals surface area contributed by atoms with Gasteiger partial charge in [-0.2, -0.15) is 0 Å². The fraction of sp³-hybridized carbons (Fsp3) is 0.333. The molecule has 0 aliphatic rings. The van der Waals surface area contributed by atoms with Crippen molar-refractivity contribution in [3.8, 4) is 0 Å². The Morgan fingerprint density at radius 1 is 1.35 bits per heavy atom. The molecular formula is C12H16N4O2S2. The highest BCUT2D eigenvalue weighted by Crippen LogP contribution is 2.15. The van der Waals surface area contributed by atoms with E-state index >= 15 is 0 Å². The number of anilines is 1. The molecule has 2 rings (SSSR count). The van der Waals surface area contributed by atoms with E-state index in [0.717, 1.165) is 15.0 Å². The van der Waals surface area contributed by atoms with Gasteiger partial charge < -0.3 is 5.32 Å². The molecule has 0 aromatic carbocycles. The molecule has 0 spiro atoms. The first kappa shape index (κ1) is 14.9. The number of pyridine rings is 1. The average molecular weight is 312 g/mol. The molecule has 0 bridgehead atoms. The SMILES string of the molecule is Cc1nc(CNc2ccc(S(=O)(=O)N(C)C)cn2)cs1. The van der Waals surface area contributed by atoms with Gasteiger partial charge >= 0.3 is 0 Å². The molecule has 0 amide bonds.